The van der Waals surface area contributed by atoms with Crippen LogP contribution < -0.4 is 11.1 Å². The fraction of sp³-hybridized carbons (Fsp3) is 0.444. The first-order valence-electron chi connectivity index (χ1n) is 8.76. The molecule has 0 spiro atoms. The Balaban J connectivity index is 1.80. The van der Waals surface area contributed by atoms with E-state index in [1.165, 1.54) is 30.7 Å². The molecule has 1 aromatic carbocycles. The molecular formula is C18H21F3N4O2. The van der Waals surface area contributed by atoms with E-state index in [-0.39, 0.29) is 23.0 Å². The van der Waals surface area contributed by atoms with Gasteiger partial charge >= 0.3 is 6.18 Å². The highest BCUT2D eigenvalue weighted by Gasteiger charge is 2.39. The second-order valence-corrected chi connectivity index (χ2v) is 6.72. The third-order valence-electron chi connectivity index (χ3n) is 4.75. The summed E-state index contributed by atoms with van der Waals surface area (Å²) < 4.78 is 39.5. The fourth-order valence-corrected chi connectivity index (χ4v) is 3.27. The van der Waals surface area contributed by atoms with Gasteiger partial charge in [0.2, 0.25) is 0 Å². The number of hydrogen-bond acceptors (Lipinski definition) is 4. The number of nitrogens with one attached hydrogen (secondary N) is 1. The topological polar surface area (TPSA) is 93.2 Å². The van der Waals surface area contributed by atoms with Crippen molar-refractivity contribution in [2.24, 2.45) is 5.73 Å². The lowest BCUT2D eigenvalue weighted by Crippen LogP contribution is -2.20. The van der Waals surface area contributed by atoms with Crippen LogP contribution in [0.1, 0.15) is 60.2 Å². The van der Waals surface area contributed by atoms with E-state index in [0.717, 1.165) is 25.7 Å². The number of anilines is 2. The van der Waals surface area contributed by atoms with E-state index in [9.17, 15) is 23.1 Å². The van der Waals surface area contributed by atoms with Crippen molar-refractivity contribution in [2.45, 2.75) is 50.4 Å². The van der Waals surface area contributed by atoms with Gasteiger partial charge in [-0.1, -0.05) is 31.4 Å². The molecule has 146 valence electrons. The highest BCUT2D eigenvalue weighted by molar-refractivity contribution is 5.98. The molecule has 0 aliphatic heterocycles. The van der Waals surface area contributed by atoms with Gasteiger partial charge in [-0.05, 0) is 30.5 Å². The summed E-state index contributed by atoms with van der Waals surface area (Å²) in [7, 11) is 0. The average molecular weight is 382 g/mol. The molecular weight excluding hydrogens is 361 g/mol. The van der Waals surface area contributed by atoms with E-state index in [2.05, 4.69) is 10.4 Å². The number of rotatable bonds is 5. The Kier molecular flexibility index (Phi) is 5.41. The molecule has 4 N–H and O–H groups in total. The molecule has 3 rings (SSSR count). The smallest absolute Gasteiger partial charge is 0.379 e. The van der Waals surface area contributed by atoms with Gasteiger partial charge in [0.15, 0.2) is 11.9 Å². The molecule has 0 radical (unpaired) electrons. The van der Waals surface area contributed by atoms with Gasteiger partial charge in [0.05, 0.1) is 6.04 Å². The molecule has 2 aromatic rings. The molecule has 0 saturated heterocycles. The van der Waals surface area contributed by atoms with E-state index < -0.39 is 18.2 Å². The van der Waals surface area contributed by atoms with Gasteiger partial charge in [-0.25, -0.2) is 0 Å². The SMILES string of the molecule is NC(=O)c1cn(C2CCCCC2)nc1Nc1ccc(C(O)C(F)(F)F)cc1. The number of primary amides is 1. The maximum absolute atomic E-state index is 12.6. The summed E-state index contributed by atoms with van der Waals surface area (Å²) in [6.45, 7) is 0. The highest BCUT2D eigenvalue weighted by atomic mass is 19.4. The largest absolute Gasteiger partial charge is 0.418 e. The Morgan fingerprint density at radius 1 is 1.22 bits per heavy atom. The predicted octanol–water partition coefficient (Wildman–Crippen LogP) is 3.83. The quantitative estimate of drug-likeness (QED) is 0.733. The molecule has 0 bridgehead atoms. The Morgan fingerprint density at radius 2 is 1.85 bits per heavy atom. The first kappa shape index (κ1) is 19.2. The number of amides is 1. The van der Waals surface area contributed by atoms with Crippen LogP contribution in [0.3, 0.4) is 0 Å². The zero-order chi connectivity index (χ0) is 19.6. The van der Waals surface area contributed by atoms with Crippen LogP contribution in [0.2, 0.25) is 0 Å². The van der Waals surface area contributed by atoms with Crippen molar-refractivity contribution in [3.05, 3.63) is 41.6 Å². The molecule has 1 saturated carbocycles. The number of carbonyl (C=O) groups is 1. The van der Waals surface area contributed by atoms with Crippen LogP contribution in [0, 0.1) is 0 Å². The molecule has 1 fully saturated rings. The molecule has 9 heteroatoms. The van der Waals surface area contributed by atoms with Gasteiger partial charge in [-0.2, -0.15) is 18.3 Å². The maximum Gasteiger partial charge on any atom is 0.418 e. The Labute approximate surface area is 154 Å². The first-order chi connectivity index (χ1) is 12.8. The lowest BCUT2D eigenvalue weighted by atomic mass is 9.96. The molecule has 1 aliphatic rings. The summed E-state index contributed by atoms with van der Waals surface area (Å²) in [6, 6.07) is 5.31. The third-order valence-corrected chi connectivity index (χ3v) is 4.75. The molecule has 1 aromatic heterocycles. The number of nitrogens with zero attached hydrogens (tertiary/aromatic N) is 2. The van der Waals surface area contributed by atoms with Crippen LogP contribution in [-0.2, 0) is 0 Å². The van der Waals surface area contributed by atoms with E-state index in [0.29, 0.717) is 5.69 Å². The van der Waals surface area contributed by atoms with Crippen molar-refractivity contribution in [3.63, 3.8) is 0 Å². The highest BCUT2D eigenvalue weighted by Crippen LogP contribution is 2.33. The van der Waals surface area contributed by atoms with Crippen molar-refractivity contribution in [3.8, 4) is 0 Å². The molecule has 1 aliphatic carbocycles. The van der Waals surface area contributed by atoms with Gasteiger partial charge < -0.3 is 16.2 Å². The van der Waals surface area contributed by atoms with Gasteiger partial charge in [0.25, 0.3) is 5.91 Å². The second-order valence-electron chi connectivity index (χ2n) is 6.72. The van der Waals surface area contributed by atoms with Crippen molar-refractivity contribution >= 4 is 17.4 Å². The van der Waals surface area contributed by atoms with Crippen LogP contribution in [0.15, 0.2) is 30.5 Å². The predicted molar refractivity (Wildman–Crippen MR) is 93.6 cm³/mol. The van der Waals surface area contributed by atoms with Gasteiger partial charge in [0.1, 0.15) is 5.56 Å². The van der Waals surface area contributed by atoms with Crippen LogP contribution in [-0.4, -0.2) is 27.0 Å². The Hall–Kier alpha value is -2.55. The standard InChI is InChI=1S/C18H21F3N4O2/c19-18(20,21)15(26)11-6-8-12(9-7-11)23-17-14(16(22)27)10-25(24-17)13-4-2-1-3-5-13/h6-10,13,15,26H,1-5H2,(H2,22,27)(H,23,24). The minimum absolute atomic E-state index is 0.205. The number of aliphatic hydroxyl groups excluding tert-OH is 1. The van der Waals surface area contributed by atoms with E-state index in [1.807, 2.05) is 0 Å². The summed E-state index contributed by atoms with van der Waals surface area (Å²) >= 11 is 0. The first-order valence-corrected chi connectivity index (χ1v) is 8.76. The second kappa shape index (κ2) is 7.59. The Bertz CT molecular complexity index is 796. The molecule has 1 amide bonds. The van der Waals surface area contributed by atoms with Crippen LogP contribution in [0.5, 0.6) is 0 Å². The normalized spacial score (nSPS) is 16.9. The van der Waals surface area contributed by atoms with Crippen molar-refractivity contribution < 1.29 is 23.1 Å². The molecule has 6 nitrogen and oxygen atoms in total. The lowest BCUT2D eigenvalue weighted by molar-refractivity contribution is -0.206. The number of hydrogen-bond donors (Lipinski definition) is 3. The summed E-state index contributed by atoms with van der Waals surface area (Å²) in [5.74, 6) is -0.374. The van der Waals surface area contributed by atoms with Crippen LogP contribution in [0.4, 0.5) is 24.7 Å². The summed E-state index contributed by atoms with van der Waals surface area (Å²) in [5, 5.41) is 16.6. The van der Waals surface area contributed by atoms with Crippen LogP contribution in [0.25, 0.3) is 0 Å². The van der Waals surface area contributed by atoms with Gasteiger partial charge in [-0.3, -0.25) is 9.48 Å². The zero-order valence-electron chi connectivity index (χ0n) is 14.5. The fourth-order valence-electron chi connectivity index (χ4n) is 3.27. The summed E-state index contributed by atoms with van der Waals surface area (Å²) in [5.41, 5.74) is 5.82. The number of aliphatic hydroxyl groups is 1. The lowest BCUT2D eigenvalue weighted by Gasteiger charge is -2.21. The van der Waals surface area contributed by atoms with Crippen molar-refractivity contribution in [1.29, 1.82) is 0 Å². The summed E-state index contributed by atoms with van der Waals surface area (Å²) in [6.07, 6.45) is -0.327. The number of halogens is 3. The molecule has 1 unspecified atom stereocenters. The van der Waals surface area contributed by atoms with Gasteiger partial charge in [-0.15, -0.1) is 0 Å². The number of carbonyl (C=O) groups excluding carboxylic acids is 1. The molecule has 1 atom stereocenters. The average Bonchev–Trinajstić information content (AvgIpc) is 3.06. The minimum atomic E-state index is -4.73. The van der Waals surface area contributed by atoms with E-state index in [1.54, 1.807) is 10.9 Å². The third kappa shape index (κ3) is 4.41. The molecule has 1 heterocycles. The Morgan fingerprint density at radius 3 is 2.41 bits per heavy atom. The number of benzene rings is 1. The monoisotopic (exact) mass is 382 g/mol. The molecule has 27 heavy (non-hydrogen) atoms. The van der Waals surface area contributed by atoms with Crippen molar-refractivity contribution in [1.82, 2.24) is 9.78 Å². The maximum atomic E-state index is 12.6. The van der Waals surface area contributed by atoms with Gasteiger partial charge in [0, 0.05) is 11.9 Å². The zero-order valence-corrected chi connectivity index (χ0v) is 14.5. The summed E-state index contributed by atoms with van der Waals surface area (Å²) in [4.78, 5) is 11.7. The van der Waals surface area contributed by atoms with Crippen molar-refractivity contribution in [2.75, 3.05) is 5.32 Å². The van der Waals surface area contributed by atoms with E-state index >= 15 is 0 Å². The number of alkyl halides is 3. The van der Waals surface area contributed by atoms with Crippen LogP contribution >= 0.6 is 0 Å². The number of nitrogens with two attached hydrogens (primary N) is 1. The number of aromatic nitrogens is 2. The minimum Gasteiger partial charge on any atom is -0.379 e. The van der Waals surface area contributed by atoms with E-state index in [4.69, 9.17) is 5.73 Å².